The average molecular weight is 482 g/mol. The van der Waals surface area contributed by atoms with Gasteiger partial charge in [0.15, 0.2) is 0 Å². The van der Waals surface area contributed by atoms with Crippen LogP contribution < -0.4 is 9.47 Å². The number of esters is 1. The lowest BCUT2D eigenvalue weighted by Crippen LogP contribution is -2.05. The van der Waals surface area contributed by atoms with E-state index in [1.165, 1.54) is 17.7 Å². The van der Waals surface area contributed by atoms with Crippen LogP contribution in [0.25, 0.3) is 21.8 Å². The van der Waals surface area contributed by atoms with E-state index in [4.69, 9.17) is 9.47 Å². The number of carbonyl (C=O) groups is 1. The zero-order valence-corrected chi connectivity index (χ0v) is 20.9. The molecule has 1 aromatic heterocycles. The Morgan fingerprint density at radius 3 is 2.43 bits per heavy atom. The van der Waals surface area contributed by atoms with E-state index < -0.39 is 0 Å². The Morgan fingerprint density at radius 1 is 0.914 bits per heavy atom. The minimum atomic E-state index is -0.315. The van der Waals surface area contributed by atoms with Crippen LogP contribution in [-0.4, -0.2) is 16.8 Å². The summed E-state index contributed by atoms with van der Waals surface area (Å²) in [6.07, 6.45) is 2.02. The fourth-order valence-electron chi connectivity index (χ4n) is 4.64. The van der Waals surface area contributed by atoms with Gasteiger partial charge in [0.05, 0.1) is 10.4 Å². The van der Waals surface area contributed by atoms with Crippen molar-refractivity contribution in [2.24, 2.45) is 0 Å². The molecule has 4 nitrogen and oxygen atoms in total. The van der Waals surface area contributed by atoms with E-state index in [1.54, 1.807) is 11.8 Å². The molecule has 0 amide bonds. The number of hydrogen-bond donors (Lipinski definition) is 0. The van der Waals surface area contributed by atoms with Crippen LogP contribution in [0.15, 0.2) is 89.8 Å². The van der Waals surface area contributed by atoms with Crippen molar-refractivity contribution in [3.05, 3.63) is 102 Å². The summed E-state index contributed by atoms with van der Waals surface area (Å²) in [4.78, 5) is 12.8. The lowest BCUT2D eigenvalue weighted by Gasteiger charge is -2.15. The van der Waals surface area contributed by atoms with E-state index in [-0.39, 0.29) is 5.97 Å². The van der Waals surface area contributed by atoms with Gasteiger partial charge in [-0.25, -0.2) is 0 Å². The van der Waals surface area contributed by atoms with E-state index in [9.17, 15) is 4.79 Å². The summed E-state index contributed by atoms with van der Waals surface area (Å²) in [6, 6.07) is 28.9. The minimum Gasteiger partial charge on any atom is -0.489 e. The first-order chi connectivity index (χ1) is 17.0. The number of fused-ring (bicyclic) bond motifs is 3. The maximum Gasteiger partial charge on any atom is 0.308 e. The van der Waals surface area contributed by atoms with Crippen LogP contribution in [0.1, 0.15) is 23.6 Å². The van der Waals surface area contributed by atoms with Crippen molar-refractivity contribution in [3.63, 3.8) is 0 Å². The zero-order valence-electron chi connectivity index (χ0n) is 20.1. The van der Waals surface area contributed by atoms with Gasteiger partial charge >= 0.3 is 5.97 Å². The number of aromatic nitrogens is 1. The van der Waals surface area contributed by atoms with Crippen LogP contribution in [0.3, 0.4) is 0 Å². The van der Waals surface area contributed by atoms with Crippen LogP contribution in [-0.2, 0) is 17.9 Å². The van der Waals surface area contributed by atoms with Gasteiger partial charge in [-0.1, -0.05) is 60.7 Å². The summed E-state index contributed by atoms with van der Waals surface area (Å²) < 4.78 is 14.0. The summed E-state index contributed by atoms with van der Waals surface area (Å²) >= 11 is 1.60. The van der Waals surface area contributed by atoms with Crippen LogP contribution in [0.2, 0.25) is 0 Å². The fraction of sp³-hybridized carbons (Fsp3) is 0.167. The second-order valence-corrected chi connectivity index (χ2v) is 9.38. The van der Waals surface area contributed by atoms with Gasteiger partial charge in [0, 0.05) is 29.8 Å². The maximum absolute atomic E-state index is 11.8. The molecule has 0 aliphatic rings. The van der Waals surface area contributed by atoms with Crippen molar-refractivity contribution in [2.45, 2.75) is 31.9 Å². The largest absolute Gasteiger partial charge is 0.489 e. The molecule has 0 saturated heterocycles. The molecular weight excluding hydrogens is 454 g/mol. The van der Waals surface area contributed by atoms with Crippen molar-refractivity contribution in [3.8, 4) is 11.5 Å². The first-order valence-electron chi connectivity index (χ1n) is 11.6. The van der Waals surface area contributed by atoms with Gasteiger partial charge in [-0.3, -0.25) is 4.79 Å². The first-order valence-corrected chi connectivity index (χ1v) is 12.8. The number of rotatable bonds is 7. The Bertz CT molecular complexity index is 1520. The lowest BCUT2D eigenvalue weighted by atomic mass is 10.1. The predicted octanol–water partition coefficient (Wildman–Crippen LogP) is 7.38. The maximum atomic E-state index is 11.8. The quantitative estimate of drug-likeness (QED) is 0.138. The van der Waals surface area contributed by atoms with Crippen molar-refractivity contribution >= 4 is 39.5 Å². The summed E-state index contributed by atoms with van der Waals surface area (Å²) in [5.41, 5.74) is 5.60. The second-order valence-electron chi connectivity index (χ2n) is 8.57. The van der Waals surface area contributed by atoms with Crippen molar-refractivity contribution < 1.29 is 14.3 Å². The van der Waals surface area contributed by atoms with E-state index in [0.29, 0.717) is 18.9 Å². The molecule has 0 spiro atoms. The number of hydrogen-bond acceptors (Lipinski definition) is 4. The predicted molar refractivity (Wildman–Crippen MR) is 144 cm³/mol. The summed E-state index contributed by atoms with van der Waals surface area (Å²) in [6.45, 7) is 4.72. The Kier molecular flexibility index (Phi) is 6.51. The Labute approximate surface area is 209 Å². The highest BCUT2D eigenvalue weighted by Crippen LogP contribution is 2.42. The molecule has 0 saturated carbocycles. The van der Waals surface area contributed by atoms with Gasteiger partial charge in [0.25, 0.3) is 0 Å². The van der Waals surface area contributed by atoms with Gasteiger partial charge in [-0.15, -0.1) is 11.8 Å². The molecule has 0 atom stereocenters. The number of aryl methyl sites for hydroxylation is 1. The topological polar surface area (TPSA) is 40.5 Å². The van der Waals surface area contributed by atoms with Crippen LogP contribution >= 0.6 is 11.8 Å². The minimum absolute atomic E-state index is 0.315. The molecule has 5 aromatic rings. The van der Waals surface area contributed by atoms with Gasteiger partial charge in [-0.2, -0.15) is 0 Å². The highest BCUT2D eigenvalue weighted by Gasteiger charge is 2.20. The number of thioether (sulfide) groups is 1. The van der Waals surface area contributed by atoms with Crippen LogP contribution in [0, 0.1) is 6.92 Å². The third kappa shape index (κ3) is 4.64. The molecular formula is C30H27NO3S. The van der Waals surface area contributed by atoms with E-state index in [0.717, 1.165) is 38.4 Å². The van der Waals surface area contributed by atoms with Gasteiger partial charge < -0.3 is 14.0 Å². The van der Waals surface area contributed by atoms with Gasteiger partial charge in [0.2, 0.25) is 0 Å². The molecule has 4 aromatic carbocycles. The fourth-order valence-corrected chi connectivity index (χ4v) is 5.35. The molecule has 0 radical (unpaired) electrons. The van der Waals surface area contributed by atoms with E-state index >= 15 is 0 Å². The molecule has 5 rings (SSSR count). The Balaban J connectivity index is 1.59. The number of carbonyl (C=O) groups excluding carboxylic acids is 1. The van der Waals surface area contributed by atoms with Crippen molar-refractivity contribution in [1.82, 2.24) is 4.57 Å². The Hall–Kier alpha value is -3.70. The van der Waals surface area contributed by atoms with Crippen LogP contribution in [0.5, 0.6) is 11.5 Å². The number of benzene rings is 4. The molecule has 0 bridgehead atoms. The van der Waals surface area contributed by atoms with Crippen molar-refractivity contribution in [1.29, 1.82) is 0 Å². The lowest BCUT2D eigenvalue weighted by molar-refractivity contribution is -0.132. The molecule has 35 heavy (non-hydrogen) atoms. The third-order valence-corrected chi connectivity index (χ3v) is 6.90. The Morgan fingerprint density at radius 2 is 1.66 bits per heavy atom. The number of nitrogens with zero attached hydrogens (tertiary/aromatic N) is 1. The summed E-state index contributed by atoms with van der Waals surface area (Å²) in [5.74, 6) is 1.14. The molecule has 0 fully saturated rings. The number of para-hydroxylation sites is 1. The van der Waals surface area contributed by atoms with Gasteiger partial charge in [0.1, 0.15) is 18.1 Å². The monoisotopic (exact) mass is 481 g/mol. The first kappa shape index (κ1) is 23.1. The summed E-state index contributed by atoms with van der Waals surface area (Å²) in [7, 11) is 0. The standard InChI is InChI=1S/C30H27NO3S/c1-20-16-27(34-21(2)32)30(35-3)29-28(20)25-14-7-8-15-26(25)31(29)18-23-12-9-13-24(17-23)33-19-22-10-5-4-6-11-22/h4-17H,18-19H2,1-3H3. The molecule has 176 valence electrons. The van der Waals surface area contributed by atoms with E-state index in [2.05, 4.69) is 60.0 Å². The molecule has 0 aliphatic heterocycles. The van der Waals surface area contributed by atoms with Crippen LogP contribution in [0.4, 0.5) is 0 Å². The molecule has 5 heteroatoms. The van der Waals surface area contributed by atoms with Gasteiger partial charge in [-0.05, 0) is 54.1 Å². The highest BCUT2D eigenvalue weighted by atomic mass is 32.2. The molecule has 1 heterocycles. The molecule has 0 aliphatic carbocycles. The van der Waals surface area contributed by atoms with E-state index in [1.807, 2.05) is 42.7 Å². The number of ether oxygens (including phenoxy) is 2. The zero-order chi connectivity index (χ0) is 24.4. The molecule has 0 N–H and O–H groups in total. The molecule has 0 unspecified atom stereocenters. The summed E-state index contributed by atoms with van der Waals surface area (Å²) in [5, 5.41) is 2.39. The third-order valence-electron chi connectivity index (χ3n) is 6.10. The normalized spacial score (nSPS) is 11.2. The highest BCUT2D eigenvalue weighted by molar-refractivity contribution is 7.99. The average Bonchev–Trinajstić information content (AvgIpc) is 3.18. The SMILES string of the molecule is CSc1c(OC(C)=O)cc(C)c2c3ccccc3n(Cc3cccc(OCc4ccccc4)c3)c12. The smallest absolute Gasteiger partial charge is 0.308 e. The second kappa shape index (κ2) is 9.88. The van der Waals surface area contributed by atoms with Crippen molar-refractivity contribution in [2.75, 3.05) is 6.26 Å².